The molecule has 152 valence electrons. The van der Waals surface area contributed by atoms with Gasteiger partial charge in [0.25, 0.3) is 0 Å². The Bertz CT molecular complexity index is 941. The molecule has 1 saturated heterocycles. The Morgan fingerprint density at radius 3 is 2.52 bits per heavy atom. The summed E-state index contributed by atoms with van der Waals surface area (Å²) in [6, 6.07) is 13.1. The molecule has 6 nitrogen and oxygen atoms in total. The van der Waals surface area contributed by atoms with Crippen LogP contribution in [0.3, 0.4) is 0 Å². The average Bonchev–Trinajstić information content (AvgIpc) is 2.99. The summed E-state index contributed by atoms with van der Waals surface area (Å²) in [5.74, 6) is 0.435. The summed E-state index contributed by atoms with van der Waals surface area (Å²) in [4.78, 5) is 31.5. The molecule has 0 bridgehead atoms. The number of methoxy groups -OCH3 is 1. The van der Waals surface area contributed by atoms with E-state index in [1.807, 2.05) is 32.0 Å². The Labute approximate surface area is 175 Å². The number of amides is 2. The minimum absolute atomic E-state index is 0.0787. The smallest absolute Gasteiger partial charge is 0.242 e. The SMILES string of the molecule is CCN1C(=O)[C@H](CC(=O)Nc2ccc(OC)cc2)SC1=Nc1ccc(C)c(C)c1. The number of carbonyl (C=O) groups excluding carboxylic acids is 2. The highest BCUT2D eigenvalue weighted by Gasteiger charge is 2.38. The van der Waals surface area contributed by atoms with Gasteiger partial charge in [0.2, 0.25) is 11.8 Å². The number of aliphatic imine (C=N–C) groups is 1. The van der Waals surface area contributed by atoms with Gasteiger partial charge in [-0.05, 0) is 68.3 Å². The number of anilines is 1. The Morgan fingerprint density at radius 2 is 1.90 bits per heavy atom. The van der Waals surface area contributed by atoms with Crippen LogP contribution in [0, 0.1) is 13.8 Å². The van der Waals surface area contributed by atoms with Gasteiger partial charge in [0.1, 0.15) is 11.0 Å². The van der Waals surface area contributed by atoms with Crippen LogP contribution in [0.5, 0.6) is 5.75 Å². The fraction of sp³-hybridized carbons (Fsp3) is 0.318. The first-order valence-electron chi connectivity index (χ1n) is 9.49. The van der Waals surface area contributed by atoms with Crippen LogP contribution in [0.2, 0.25) is 0 Å². The van der Waals surface area contributed by atoms with Crippen molar-refractivity contribution in [3.05, 3.63) is 53.6 Å². The number of rotatable bonds is 6. The van der Waals surface area contributed by atoms with Crippen molar-refractivity contribution in [3.8, 4) is 5.75 Å². The highest BCUT2D eigenvalue weighted by Crippen LogP contribution is 2.32. The molecular formula is C22H25N3O3S. The first-order valence-corrected chi connectivity index (χ1v) is 10.4. The quantitative estimate of drug-likeness (QED) is 0.770. The molecule has 1 heterocycles. The van der Waals surface area contributed by atoms with Crippen molar-refractivity contribution in [3.63, 3.8) is 0 Å². The van der Waals surface area contributed by atoms with Crippen molar-refractivity contribution >= 4 is 40.1 Å². The molecule has 0 aliphatic carbocycles. The highest BCUT2D eigenvalue weighted by molar-refractivity contribution is 8.15. The minimum Gasteiger partial charge on any atom is -0.497 e. The van der Waals surface area contributed by atoms with E-state index in [1.165, 1.54) is 17.3 Å². The maximum atomic E-state index is 12.8. The number of hydrogen-bond donors (Lipinski definition) is 1. The van der Waals surface area contributed by atoms with Crippen LogP contribution in [-0.4, -0.2) is 40.8 Å². The Hall–Kier alpha value is -2.80. The molecule has 2 amide bonds. The Kier molecular flexibility index (Phi) is 6.59. The minimum atomic E-state index is -0.474. The molecule has 0 spiro atoms. The maximum Gasteiger partial charge on any atom is 0.242 e. The lowest BCUT2D eigenvalue weighted by Crippen LogP contribution is -2.33. The molecule has 1 aliphatic rings. The van der Waals surface area contributed by atoms with Crippen LogP contribution in [0.4, 0.5) is 11.4 Å². The van der Waals surface area contributed by atoms with E-state index >= 15 is 0 Å². The van der Waals surface area contributed by atoms with Crippen molar-refractivity contribution in [2.75, 3.05) is 19.0 Å². The van der Waals surface area contributed by atoms with Crippen molar-refractivity contribution < 1.29 is 14.3 Å². The lowest BCUT2D eigenvalue weighted by atomic mass is 10.1. The molecule has 7 heteroatoms. The second kappa shape index (κ2) is 9.13. The predicted molar refractivity (Wildman–Crippen MR) is 118 cm³/mol. The summed E-state index contributed by atoms with van der Waals surface area (Å²) in [7, 11) is 1.59. The van der Waals surface area contributed by atoms with Gasteiger partial charge in [0.15, 0.2) is 5.17 Å². The van der Waals surface area contributed by atoms with Crippen molar-refractivity contribution in [1.29, 1.82) is 0 Å². The number of amidine groups is 1. The van der Waals surface area contributed by atoms with Crippen LogP contribution >= 0.6 is 11.8 Å². The number of nitrogens with zero attached hydrogens (tertiary/aromatic N) is 2. The standard InChI is InChI=1S/C22H25N3O3S/c1-5-25-21(27)19(13-20(26)23-16-8-10-18(28-4)11-9-16)29-22(25)24-17-7-6-14(2)15(3)12-17/h6-12,19H,5,13H2,1-4H3,(H,23,26)/t19-/m0/s1. The van der Waals surface area contributed by atoms with E-state index in [-0.39, 0.29) is 18.2 Å². The predicted octanol–water partition coefficient (Wildman–Crippen LogP) is 4.29. The normalized spacial score (nSPS) is 17.7. The van der Waals surface area contributed by atoms with Gasteiger partial charge >= 0.3 is 0 Å². The Balaban J connectivity index is 1.69. The molecule has 1 fully saturated rings. The maximum absolute atomic E-state index is 12.8. The van der Waals surface area contributed by atoms with Crippen LogP contribution in [-0.2, 0) is 9.59 Å². The van der Waals surface area contributed by atoms with Gasteiger partial charge in [-0.1, -0.05) is 17.8 Å². The third-order valence-corrected chi connectivity index (χ3v) is 5.97. The molecule has 2 aromatic rings. The van der Waals surface area contributed by atoms with Crippen molar-refractivity contribution in [2.45, 2.75) is 32.4 Å². The van der Waals surface area contributed by atoms with Gasteiger partial charge in [-0.3, -0.25) is 14.5 Å². The molecule has 0 saturated carbocycles. The lowest BCUT2D eigenvalue weighted by Gasteiger charge is -2.13. The lowest BCUT2D eigenvalue weighted by molar-refractivity contribution is -0.128. The molecule has 1 N–H and O–H groups in total. The molecule has 1 atom stereocenters. The van der Waals surface area contributed by atoms with Gasteiger partial charge < -0.3 is 10.1 Å². The first kappa shape index (κ1) is 20.9. The van der Waals surface area contributed by atoms with E-state index in [1.54, 1.807) is 36.3 Å². The summed E-state index contributed by atoms with van der Waals surface area (Å²) >= 11 is 1.35. The van der Waals surface area contributed by atoms with Crippen molar-refractivity contribution in [1.82, 2.24) is 4.90 Å². The number of carbonyl (C=O) groups is 2. The van der Waals surface area contributed by atoms with Gasteiger partial charge in [-0.15, -0.1) is 0 Å². The summed E-state index contributed by atoms with van der Waals surface area (Å²) in [6.45, 7) is 6.52. The van der Waals surface area contributed by atoms with E-state index in [4.69, 9.17) is 4.74 Å². The topological polar surface area (TPSA) is 71.0 Å². The number of nitrogens with one attached hydrogen (secondary N) is 1. The fourth-order valence-corrected chi connectivity index (χ4v) is 4.20. The zero-order valence-corrected chi connectivity index (χ0v) is 17.9. The first-order chi connectivity index (χ1) is 13.9. The summed E-state index contributed by atoms with van der Waals surface area (Å²) in [5.41, 5.74) is 3.83. The van der Waals surface area contributed by atoms with E-state index in [9.17, 15) is 9.59 Å². The number of hydrogen-bond acceptors (Lipinski definition) is 5. The zero-order valence-electron chi connectivity index (χ0n) is 17.1. The van der Waals surface area contributed by atoms with Crippen LogP contribution in [0.15, 0.2) is 47.5 Å². The number of ether oxygens (including phenoxy) is 1. The fourth-order valence-electron chi connectivity index (χ4n) is 2.98. The van der Waals surface area contributed by atoms with Gasteiger partial charge in [-0.2, -0.15) is 0 Å². The van der Waals surface area contributed by atoms with E-state index in [2.05, 4.69) is 17.2 Å². The van der Waals surface area contributed by atoms with E-state index in [0.717, 1.165) is 17.0 Å². The molecule has 0 aromatic heterocycles. The van der Waals surface area contributed by atoms with Crippen molar-refractivity contribution in [2.24, 2.45) is 4.99 Å². The van der Waals surface area contributed by atoms with E-state index in [0.29, 0.717) is 17.4 Å². The second-order valence-corrected chi connectivity index (χ2v) is 8.00. The van der Waals surface area contributed by atoms with Gasteiger partial charge in [0, 0.05) is 18.7 Å². The second-order valence-electron chi connectivity index (χ2n) is 6.83. The van der Waals surface area contributed by atoms with Crippen LogP contribution in [0.1, 0.15) is 24.5 Å². The Morgan fingerprint density at radius 1 is 1.17 bits per heavy atom. The monoisotopic (exact) mass is 411 g/mol. The average molecular weight is 412 g/mol. The van der Waals surface area contributed by atoms with E-state index < -0.39 is 5.25 Å². The molecule has 3 rings (SSSR count). The molecule has 2 aromatic carbocycles. The molecule has 29 heavy (non-hydrogen) atoms. The van der Waals surface area contributed by atoms with Gasteiger partial charge in [0.05, 0.1) is 12.8 Å². The molecule has 0 radical (unpaired) electrons. The summed E-state index contributed by atoms with van der Waals surface area (Å²) in [6.07, 6.45) is 0.0952. The third-order valence-electron chi connectivity index (χ3n) is 4.80. The summed E-state index contributed by atoms with van der Waals surface area (Å²) in [5, 5.41) is 3.00. The van der Waals surface area contributed by atoms with Gasteiger partial charge in [-0.25, -0.2) is 4.99 Å². The zero-order chi connectivity index (χ0) is 21.0. The largest absolute Gasteiger partial charge is 0.497 e. The number of benzene rings is 2. The highest BCUT2D eigenvalue weighted by atomic mass is 32.2. The van der Waals surface area contributed by atoms with Crippen LogP contribution < -0.4 is 10.1 Å². The molecule has 1 aliphatic heterocycles. The number of aryl methyl sites for hydroxylation is 2. The number of thioether (sulfide) groups is 1. The van der Waals surface area contributed by atoms with Crippen LogP contribution in [0.25, 0.3) is 0 Å². The summed E-state index contributed by atoms with van der Waals surface area (Å²) < 4.78 is 5.12. The third kappa shape index (κ3) is 4.98. The molecular weight excluding hydrogens is 386 g/mol. The molecule has 0 unspecified atom stereocenters.